The van der Waals surface area contributed by atoms with Crippen molar-refractivity contribution in [2.45, 2.75) is 70.9 Å². The molecule has 0 aliphatic rings. The Kier molecular flexibility index (Phi) is 24.7. The van der Waals surface area contributed by atoms with E-state index in [9.17, 15) is 26.3 Å². The van der Waals surface area contributed by atoms with Crippen LogP contribution in [0.1, 0.15) is 41.5 Å². The van der Waals surface area contributed by atoms with E-state index in [1.165, 1.54) is 6.08 Å². The van der Waals surface area contributed by atoms with Gasteiger partial charge in [0.05, 0.1) is 0 Å². The summed E-state index contributed by atoms with van der Waals surface area (Å²) in [6, 6.07) is 0. The summed E-state index contributed by atoms with van der Waals surface area (Å²) in [4.78, 5) is 17.8. The molecule has 0 bridgehead atoms. The Bertz CT molecular complexity index is 381. The molecule has 28 heavy (non-hydrogen) atoms. The molecule has 0 aromatic carbocycles. The number of aliphatic carboxylic acids is 2. The average Bonchev–Trinajstić information content (AvgIpc) is 2.36. The van der Waals surface area contributed by atoms with E-state index >= 15 is 0 Å². The van der Waals surface area contributed by atoms with Crippen LogP contribution in [-0.4, -0.2) is 51.5 Å². The number of hydrogen-bond acceptors (Lipinski definition) is 2. The van der Waals surface area contributed by atoms with Gasteiger partial charge >= 0.3 is 24.3 Å². The van der Waals surface area contributed by atoms with E-state index in [0.717, 1.165) is 17.0 Å². The van der Waals surface area contributed by atoms with Crippen LogP contribution in [0.25, 0.3) is 0 Å². The van der Waals surface area contributed by atoms with E-state index in [1.54, 1.807) is 0 Å². The number of hydrogen-bond donors (Lipinski definition) is 2. The maximum Gasteiger partial charge on any atom is 0.490 e. The van der Waals surface area contributed by atoms with E-state index in [0.29, 0.717) is 0 Å². The van der Waals surface area contributed by atoms with E-state index < -0.39 is 24.3 Å². The number of carboxylic acids is 2. The molecule has 0 heterocycles. The van der Waals surface area contributed by atoms with Crippen LogP contribution in [0.2, 0.25) is 0 Å². The quantitative estimate of drug-likeness (QED) is 0.202. The van der Waals surface area contributed by atoms with Crippen molar-refractivity contribution in [3.8, 4) is 0 Å². The molecule has 0 aromatic heterocycles. The molecular formula is C16H28F6O4PPd-. The van der Waals surface area contributed by atoms with Crippen molar-refractivity contribution in [1.29, 1.82) is 0 Å². The molecule has 0 rings (SSSR count). The summed E-state index contributed by atoms with van der Waals surface area (Å²) in [5, 5.41) is 14.2. The van der Waals surface area contributed by atoms with Gasteiger partial charge in [-0.2, -0.15) is 26.3 Å². The molecule has 174 valence electrons. The minimum absolute atomic E-state index is 0. The van der Waals surface area contributed by atoms with Gasteiger partial charge in [-0.15, -0.1) is 0 Å². The monoisotopic (exact) mass is 535 g/mol. The summed E-state index contributed by atoms with van der Waals surface area (Å²) in [5.41, 5.74) is 2.69. The van der Waals surface area contributed by atoms with Gasteiger partial charge in [-0.25, -0.2) is 29.2 Å². The van der Waals surface area contributed by atoms with E-state index in [-0.39, 0.29) is 28.3 Å². The van der Waals surface area contributed by atoms with E-state index in [4.69, 9.17) is 19.8 Å². The normalized spacial score (nSPS) is 10.6. The van der Waals surface area contributed by atoms with Gasteiger partial charge in [-0.05, 0) is 17.0 Å². The maximum atomic E-state index is 10.6. The van der Waals surface area contributed by atoms with Gasteiger partial charge < -0.3 is 10.2 Å². The van der Waals surface area contributed by atoms with Gasteiger partial charge in [-0.3, -0.25) is 0 Å². The third-order valence-corrected chi connectivity index (χ3v) is 5.85. The summed E-state index contributed by atoms with van der Waals surface area (Å²) >= 11 is 0. The Morgan fingerprint density at radius 3 is 0.929 bits per heavy atom. The zero-order valence-corrected chi connectivity index (χ0v) is 18.9. The molecule has 0 saturated heterocycles. The van der Waals surface area contributed by atoms with Crippen LogP contribution >= 0.6 is 7.92 Å². The average molecular weight is 536 g/mol. The Hall–Kier alpha value is -0.778. The third kappa shape index (κ3) is 27.4. The van der Waals surface area contributed by atoms with Gasteiger partial charge in [0.15, 0.2) is 0 Å². The minimum atomic E-state index is -5.08. The molecule has 0 aromatic rings. The SMILES string of the molecule is C=C[CH2-].CC(C)P(C(C)C)C(C)C.O=C(O)C(F)(F)F.O=C(O)C(F)(F)F.[Pd]. The molecular weight excluding hydrogens is 508 g/mol. The van der Waals surface area contributed by atoms with Crippen molar-refractivity contribution < 1.29 is 66.6 Å². The summed E-state index contributed by atoms with van der Waals surface area (Å²) in [6.45, 7) is 20.6. The molecule has 0 aliphatic carbocycles. The number of carbonyl (C=O) groups is 2. The number of allylic oxidation sites excluding steroid dienone is 1. The Morgan fingerprint density at radius 2 is 0.929 bits per heavy atom. The minimum Gasteiger partial charge on any atom is -0.475 e. The number of carboxylic acid groups (broad SMARTS) is 2. The predicted molar refractivity (Wildman–Crippen MR) is 95.3 cm³/mol. The number of halogens is 6. The van der Waals surface area contributed by atoms with Crippen molar-refractivity contribution in [3.63, 3.8) is 0 Å². The third-order valence-electron chi connectivity index (χ3n) is 2.27. The molecule has 0 atom stereocenters. The van der Waals surface area contributed by atoms with Gasteiger partial charge in [0, 0.05) is 20.4 Å². The molecule has 0 radical (unpaired) electrons. The van der Waals surface area contributed by atoms with Crippen molar-refractivity contribution in [3.05, 3.63) is 19.6 Å². The van der Waals surface area contributed by atoms with Crippen LogP contribution in [0.5, 0.6) is 0 Å². The van der Waals surface area contributed by atoms with E-state index in [1.807, 2.05) is 0 Å². The van der Waals surface area contributed by atoms with Crippen molar-refractivity contribution in [2.24, 2.45) is 0 Å². The van der Waals surface area contributed by atoms with Crippen LogP contribution in [-0.2, 0) is 30.0 Å². The topological polar surface area (TPSA) is 74.6 Å². The molecule has 0 amide bonds. The summed E-state index contributed by atoms with van der Waals surface area (Å²) < 4.78 is 63.5. The molecule has 2 N–H and O–H groups in total. The summed E-state index contributed by atoms with van der Waals surface area (Å²) in [7, 11) is 0.262. The van der Waals surface area contributed by atoms with Crippen molar-refractivity contribution in [2.75, 3.05) is 0 Å². The first-order valence-corrected chi connectivity index (χ1v) is 9.09. The van der Waals surface area contributed by atoms with Gasteiger partial charge in [0.1, 0.15) is 0 Å². The van der Waals surface area contributed by atoms with Gasteiger partial charge in [-0.1, -0.05) is 49.5 Å². The smallest absolute Gasteiger partial charge is 0.475 e. The maximum absolute atomic E-state index is 10.6. The van der Waals surface area contributed by atoms with Crippen LogP contribution in [0.15, 0.2) is 12.7 Å². The van der Waals surface area contributed by atoms with Crippen molar-refractivity contribution in [1.82, 2.24) is 0 Å². The Labute approximate surface area is 177 Å². The van der Waals surface area contributed by atoms with Crippen LogP contribution in [0.4, 0.5) is 26.3 Å². The first-order chi connectivity index (χ1) is 11.8. The van der Waals surface area contributed by atoms with Crippen LogP contribution in [0, 0.1) is 6.92 Å². The molecule has 0 fully saturated rings. The second-order valence-electron chi connectivity index (χ2n) is 5.62. The zero-order valence-electron chi connectivity index (χ0n) is 16.5. The Balaban J connectivity index is -0.0000000883. The zero-order chi connectivity index (χ0) is 23.2. The molecule has 0 unspecified atom stereocenters. The second kappa shape index (κ2) is 18.3. The first kappa shape index (κ1) is 37.9. The standard InChI is InChI=1S/C9H21P.C3H5.2C2HF3O2.Pd/c1-7(2)10(8(3)4)9(5)6;1-3-2;2*3-2(4,5)1(6)7;/h7-9H,1-6H3;3H,1-2H2;2*(H,6,7);/q;-1;;;. The summed E-state index contributed by atoms with van der Waals surface area (Å²) in [5.74, 6) is -5.51. The molecule has 0 spiro atoms. The number of alkyl halides is 6. The van der Waals surface area contributed by atoms with Crippen LogP contribution < -0.4 is 0 Å². The molecule has 0 aliphatic heterocycles. The molecule has 12 heteroatoms. The number of rotatable bonds is 3. The summed E-state index contributed by atoms with van der Waals surface area (Å²) in [6.07, 6.45) is -8.67. The second-order valence-corrected chi connectivity index (χ2v) is 9.62. The first-order valence-electron chi connectivity index (χ1n) is 7.54. The molecule has 0 saturated carbocycles. The fourth-order valence-electron chi connectivity index (χ4n) is 1.79. The molecule has 4 nitrogen and oxygen atoms in total. The van der Waals surface area contributed by atoms with E-state index in [2.05, 4.69) is 55.0 Å². The Morgan fingerprint density at radius 1 is 0.821 bits per heavy atom. The predicted octanol–water partition coefficient (Wildman–Crippen LogP) is 5.96. The van der Waals surface area contributed by atoms with Crippen molar-refractivity contribution >= 4 is 19.9 Å². The van der Waals surface area contributed by atoms with Gasteiger partial charge in [0.2, 0.25) is 0 Å². The van der Waals surface area contributed by atoms with Crippen LogP contribution in [0.3, 0.4) is 0 Å². The fraction of sp³-hybridized carbons (Fsp3) is 0.688. The van der Waals surface area contributed by atoms with Gasteiger partial charge in [0.25, 0.3) is 0 Å². The fourth-order valence-corrected chi connectivity index (χ4v) is 5.37. The largest absolute Gasteiger partial charge is 0.490 e.